The first kappa shape index (κ1) is 18.2. The van der Waals surface area contributed by atoms with Crippen molar-refractivity contribution in [2.45, 2.75) is 19.3 Å². The number of carboxylic acids is 1. The summed E-state index contributed by atoms with van der Waals surface area (Å²) in [7, 11) is 1.81. The molecule has 0 unspecified atom stereocenters. The van der Waals surface area contributed by atoms with E-state index in [1.807, 2.05) is 31.3 Å². The smallest absolute Gasteiger partial charge is 0.335 e. The van der Waals surface area contributed by atoms with Crippen molar-refractivity contribution < 1.29 is 14.7 Å². The van der Waals surface area contributed by atoms with Crippen molar-refractivity contribution in [3.63, 3.8) is 0 Å². The lowest BCUT2D eigenvalue weighted by Crippen LogP contribution is -2.29. The van der Waals surface area contributed by atoms with E-state index in [1.54, 1.807) is 29.2 Å². The van der Waals surface area contributed by atoms with Crippen LogP contribution in [0.5, 0.6) is 0 Å². The van der Waals surface area contributed by atoms with Gasteiger partial charge in [-0.3, -0.25) is 4.79 Å². The van der Waals surface area contributed by atoms with Crippen molar-refractivity contribution in [3.05, 3.63) is 69.7 Å². The van der Waals surface area contributed by atoms with Crippen LogP contribution in [0, 0.1) is 0 Å². The van der Waals surface area contributed by atoms with Crippen LogP contribution < -0.4 is 0 Å². The highest BCUT2D eigenvalue weighted by Crippen LogP contribution is 2.12. The van der Waals surface area contributed by atoms with Crippen molar-refractivity contribution in [3.8, 4) is 0 Å². The van der Waals surface area contributed by atoms with Crippen LogP contribution >= 0.6 is 15.9 Å². The molecule has 0 saturated carbocycles. The Balaban J connectivity index is 1.78. The van der Waals surface area contributed by atoms with Crippen LogP contribution in [0.15, 0.2) is 53.0 Å². The van der Waals surface area contributed by atoms with Crippen LogP contribution in [0.1, 0.15) is 27.9 Å². The average molecular weight is 390 g/mol. The third-order valence-corrected chi connectivity index (χ3v) is 4.43. The summed E-state index contributed by atoms with van der Waals surface area (Å²) in [5.41, 5.74) is 2.42. The summed E-state index contributed by atoms with van der Waals surface area (Å²) in [6, 6.07) is 14.8. The fourth-order valence-corrected chi connectivity index (χ4v) is 2.59. The lowest BCUT2D eigenvalue weighted by molar-refractivity contribution is -0.129. The number of rotatable bonds is 7. The number of hydrogen-bond donors (Lipinski definition) is 1. The van der Waals surface area contributed by atoms with Crippen LogP contribution in [-0.2, 0) is 17.6 Å². The molecule has 4 nitrogen and oxygen atoms in total. The van der Waals surface area contributed by atoms with Crippen LogP contribution in [0.4, 0.5) is 0 Å². The molecule has 0 bridgehead atoms. The third kappa shape index (κ3) is 5.49. The maximum Gasteiger partial charge on any atom is 0.335 e. The first-order chi connectivity index (χ1) is 11.5. The van der Waals surface area contributed by atoms with E-state index in [9.17, 15) is 9.59 Å². The lowest BCUT2D eigenvalue weighted by Gasteiger charge is -2.17. The number of benzene rings is 2. The number of aryl methyl sites for hydroxylation is 1. The van der Waals surface area contributed by atoms with E-state index in [0.717, 1.165) is 16.5 Å². The number of amides is 1. The average Bonchev–Trinajstić information content (AvgIpc) is 2.59. The van der Waals surface area contributed by atoms with Crippen LogP contribution in [0.25, 0.3) is 0 Å². The van der Waals surface area contributed by atoms with Crippen molar-refractivity contribution in [2.75, 3.05) is 13.6 Å². The lowest BCUT2D eigenvalue weighted by atomic mass is 10.1. The highest BCUT2D eigenvalue weighted by Gasteiger charge is 2.09. The van der Waals surface area contributed by atoms with E-state index in [2.05, 4.69) is 15.9 Å². The molecule has 2 aromatic rings. The molecule has 5 heteroatoms. The Kier molecular flexibility index (Phi) is 6.55. The molecule has 0 fully saturated rings. The number of nitrogens with zero attached hydrogens (tertiary/aromatic N) is 1. The van der Waals surface area contributed by atoms with Gasteiger partial charge in [-0.25, -0.2) is 4.79 Å². The molecule has 0 aliphatic heterocycles. The quantitative estimate of drug-likeness (QED) is 0.783. The summed E-state index contributed by atoms with van der Waals surface area (Å²) in [5.74, 6) is -0.847. The summed E-state index contributed by atoms with van der Waals surface area (Å²) in [5, 5.41) is 8.87. The molecule has 0 aliphatic carbocycles. The number of aromatic carboxylic acids is 1. The molecule has 0 heterocycles. The molecule has 2 rings (SSSR count). The van der Waals surface area contributed by atoms with Gasteiger partial charge in [-0.05, 0) is 48.2 Å². The highest BCUT2D eigenvalue weighted by atomic mass is 79.9. The summed E-state index contributed by atoms with van der Waals surface area (Å²) in [6.07, 6.45) is 1.85. The van der Waals surface area contributed by atoms with Gasteiger partial charge in [0.05, 0.1) is 5.56 Å². The van der Waals surface area contributed by atoms with Gasteiger partial charge in [0, 0.05) is 24.5 Å². The Morgan fingerprint density at radius 2 is 1.50 bits per heavy atom. The van der Waals surface area contributed by atoms with E-state index < -0.39 is 5.97 Å². The number of carboxylic acid groups (broad SMARTS) is 1. The molecule has 0 aliphatic rings. The fourth-order valence-electron chi connectivity index (χ4n) is 2.33. The zero-order valence-electron chi connectivity index (χ0n) is 13.5. The predicted octanol–water partition coefficient (Wildman–Crippen LogP) is 3.78. The SMILES string of the molecule is CN(CCc1ccc(Br)cc1)C(=O)CCc1ccc(C(=O)O)cc1. The molecule has 0 spiro atoms. The topological polar surface area (TPSA) is 57.6 Å². The largest absolute Gasteiger partial charge is 0.478 e. The van der Waals surface area contributed by atoms with Gasteiger partial charge in [0.25, 0.3) is 0 Å². The minimum atomic E-state index is -0.940. The molecular weight excluding hydrogens is 370 g/mol. The van der Waals surface area contributed by atoms with E-state index in [4.69, 9.17) is 5.11 Å². The first-order valence-electron chi connectivity index (χ1n) is 7.76. The normalized spacial score (nSPS) is 10.4. The molecule has 0 aromatic heterocycles. The van der Waals surface area contributed by atoms with E-state index in [-0.39, 0.29) is 11.5 Å². The van der Waals surface area contributed by atoms with Gasteiger partial charge in [-0.2, -0.15) is 0 Å². The standard InChI is InChI=1S/C19H20BrNO3/c1-21(13-12-15-4-9-17(20)10-5-15)18(22)11-6-14-2-7-16(8-3-14)19(23)24/h2-5,7-10H,6,11-13H2,1H3,(H,23,24). The van der Waals surface area contributed by atoms with Crippen LogP contribution in [-0.4, -0.2) is 35.5 Å². The van der Waals surface area contributed by atoms with E-state index in [0.29, 0.717) is 19.4 Å². The second kappa shape index (κ2) is 8.64. The molecule has 1 amide bonds. The molecule has 1 N–H and O–H groups in total. The number of carbonyl (C=O) groups excluding carboxylic acids is 1. The van der Waals surface area contributed by atoms with Crippen LogP contribution in [0.3, 0.4) is 0 Å². The Bertz CT molecular complexity index is 696. The van der Waals surface area contributed by atoms with Gasteiger partial charge in [0.2, 0.25) is 5.91 Å². The zero-order valence-corrected chi connectivity index (χ0v) is 15.1. The van der Waals surface area contributed by atoms with Gasteiger partial charge in [-0.1, -0.05) is 40.2 Å². The molecule has 2 aromatic carbocycles. The van der Waals surface area contributed by atoms with Gasteiger partial charge < -0.3 is 10.0 Å². The van der Waals surface area contributed by atoms with Crippen LogP contribution in [0.2, 0.25) is 0 Å². The van der Waals surface area contributed by atoms with E-state index >= 15 is 0 Å². The summed E-state index contributed by atoms with van der Waals surface area (Å²) >= 11 is 3.41. The second-order valence-corrected chi connectivity index (χ2v) is 6.61. The van der Waals surface area contributed by atoms with Crippen molar-refractivity contribution in [1.82, 2.24) is 4.90 Å². The predicted molar refractivity (Wildman–Crippen MR) is 97.2 cm³/mol. The number of halogens is 1. The number of hydrogen-bond acceptors (Lipinski definition) is 2. The fraction of sp³-hybridized carbons (Fsp3) is 0.263. The summed E-state index contributed by atoms with van der Waals surface area (Å²) in [4.78, 5) is 24.7. The number of likely N-dealkylation sites (N-methyl/N-ethyl adjacent to an activating group) is 1. The molecule has 24 heavy (non-hydrogen) atoms. The molecule has 0 saturated heterocycles. The molecule has 0 radical (unpaired) electrons. The van der Waals surface area contributed by atoms with Crippen molar-refractivity contribution >= 4 is 27.8 Å². The second-order valence-electron chi connectivity index (χ2n) is 5.69. The molecular formula is C19H20BrNO3. The minimum absolute atomic E-state index is 0.0921. The minimum Gasteiger partial charge on any atom is -0.478 e. The Morgan fingerprint density at radius 1 is 0.958 bits per heavy atom. The highest BCUT2D eigenvalue weighted by molar-refractivity contribution is 9.10. The third-order valence-electron chi connectivity index (χ3n) is 3.90. The zero-order chi connectivity index (χ0) is 17.5. The molecule has 0 atom stereocenters. The van der Waals surface area contributed by atoms with Gasteiger partial charge in [-0.15, -0.1) is 0 Å². The Morgan fingerprint density at radius 3 is 2.08 bits per heavy atom. The number of carbonyl (C=O) groups is 2. The maximum absolute atomic E-state index is 12.2. The Labute approximate surface area is 150 Å². The molecule has 126 valence electrons. The van der Waals surface area contributed by atoms with Crippen molar-refractivity contribution in [1.29, 1.82) is 0 Å². The Hall–Kier alpha value is -2.14. The van der Waals surface area contributed by atoms with Gasteiger partial charge >= 0.3 is 5.97 Å². The summed E-state index contributed by atoms with van der Waals surface area (Å²) in [6.45, 7) is 0.679. The van der Waals surface area contributed by atoms with Gasteiger partial charge in [0.1, 0.15) is 0 Å². The summed E-state index contributed by atoms with van der Waals surface area (Å²) < 4.78 is 1.05. The van der Waals surface area contributed by atoms with Crippen molar-refractivity contribution in [2.24, 2.45) is 0 Å². The van der Waals surface area contributed by atoms with Gasteiger partial charge in [0.15, 0.2) is 0 Å². The van der Waals surface area contributed by atoms with E-state index in [1.165, 1.54) is 5.56 Å². The monoisotopic (exact) mass is 389 g/mol. The first-order valence-corrected chi connectivity index (χ1v) is 8.55. The maximum atomic E-state index is 12.2.